The van der Waals surface area contributed by atoms with Crippen LogP contribution in [0.1, 0.15) is 19.3 Å². The van der Waals surface area contributed by atoms with Crippen LogP contribution in [0, 0.1) is 0 Å². The number of ether oxygens (including phenoxy) is 1. The van der Waals surface area contributed by atoms with Gasteiger partial charge in [-0.2, -0.15) is 11.8 Å². The molecular formula is C12H18N2OS. The van der Waals surface area contributed by atoms with Gasteiger partial charge in [-0.3, -0.25) is 0 Å². The molecule has 0 spiro atoms. The quantitative estimate of drug-likeness (QED) is 0.874. The summed E-state index contributed by atoms with van der Waals surface area (Å²) in [7, 11) is 1.68. The molecule has 88 valence electrons. The zero-order valence-corrected chi connectivity index (χ0v) is 10.6. The second-order valence-corrected chi connectivity index (χ2v) is 5.09. The maximum absolute atomic E-state index is 5.29. The normalized spacial score (nSPS) is 24.4. The van der Waals surface area contributed by atoms with E-state index >= 15 is 0 Å². The second kappa shape index (κ2) is 5.43. The predicted molar refractivity (Wildman–Crippen MR) is 69.4 cm³/mol. The van der Waals surface area contributed by atoms with E-state index in [1.54, 1.807) is 13.3 Å². The first-order valence-electron chi connectivity index (χ1n) is 5.63. The van der Waals surface area contributed by atoms with Crippen molar-refractivity contribution < 1.29 is 4.74 Å². The molecule has 0 amide bonds. The summed E-state index contributed by atoms with van der Waals surface area (Å²) in [6, 6.07) is 4.36. The zero-order valence-electron chi connectivity index (χ0n) is 9.77. The standard InChI is InChI=1S/C12H18N2OS/c1-15-10-6-4-8-13-12(10)14-9-5-3-7-11(9)16-2/h4,6,8-9,11H,3,5,7H2,1-2H3,(H,13,14). The third kappa shape index (κ3) is 2.43. The third-order valence-corrected chi connectivity index (χ3v) is 4.24. The minimum Gasteiger partial charge on any atom is -0.493 e. The van der Waals surface area contributed by atoms with E-state index < -0.39 is 0 Å². The van der Waals surface area contributed by atoms with Crippen LogP contribution >= 0.6 is 11.8 Å². The highest BCUT2D eigenvalue weighted by Crippen LogP contribution is 2.32. The molecule has 1 aromatic rings. The van der Waals surface area contributed by atoms with Gasteiger partial charge in [-0.05, 0) is 31.2 Å². The second-order valence-electron chi connectivity index (χ2n) is 4.01. The number of pyridine rings is 1. The van der Waals surface area contributed by atoms with Gasteiger partial charge >= 0.3 is 0 Å². The molecule has 1 aliphatic rings. The van der Waals surface area contributed by atoms with Crippen LogP contribution in [0.15, 0.2) is 18.3 Å². The highest BCUT2D eigenvalue weighted by atomic mass is 32.2. The Hall–Kier alpha value is -0.900. The number of methoxy groups -OCH3 is 1. The van der Waals surface area contributed by atoms with Crippen LogP contribution in [-0.2, 0) is 0 Å². The molecule has 3 nitrogen and oxygen atoms in total. The summed E-state index contributed by atoms with van der Waals surface area (Å²) in [5, 5.41) is 4.21. The molecule has 16 heavy (non-hydrogen) atoms. The molecule has 1 saturated carbocycles. The molecule has 1 aromatic heterocycles. The Labute approximate surface area is 101 Å². The molecule has 1 aliphatic carbocycles. The topological polar surface area (TPSA) is 34.1 Å². The lowest BCUT2D eigenvalue weighted by Crippen LogP contribution is -2.26. The summed E-state index contributed by atoms with van der Waals surface area (Å²) < 4.78 is 5.29. The number of nitrogens with zero attached hydrogens (tertiary/aromatic N) is 1. The van der Waals surface area contributed by atoms with Crippen molar-refractivity contribution in [3.05, 3.63) is 18.3 Å². The number of hydrogen-bond donors (Lipinski definition) is 1. The summed E-state index contributed by atoms with van der Waals surface area (Å²) in [6.45, 7) is 0. The maximum Gasteiger partial charge on any atom is 0.168 e. The Morgan fingerprint density at radius 3 is 3.12 bits per heavy atom. The minimum atomic E-state index is 0.527. The van der Waals surface area contributed by atoms with Crippen LogP contribution in [0.5, 0.6) is 5.75 Å². The fraction of sp³-hybridized carbons (Fsp3) is 0.583. The third-order valence-electron chi connectivity index (χ3n) is 3.07. The van der Waals surface area contributed by atoms with Crippen LogP contribution in [0.25, 0.3) is 0 Å². The van der Waals surface area contributed by atoms with Crippen LogP contribution in [-0.4, -0.2) is 29.6 Å². The maximum atomic E-state index is 5.29. The van der Waals surface area contributed by atoms with Gasteiger partial charge in [0.2, 0.25) is 0 Å². The monoisotopic (exact) mass is 238 g/mol. The average Bonchev–Trinajstić information content (AvgIpc) is 2.77. The van der Waals surface area contributed by atoms with Crippen molar-refractivity contribution in [3.8, 4) is 5.75 Å². The smallest absolute Gasteiger partial charge is 0.168 e. The predicted octanol–water partition coefficient (Wildman–Crippen LogP) is 2.79. The summed E-state index contributed by atoms with van der Waals surface area (Å²) in [6.07, 6.45) is 7.81. The van der Waals surface area contributed by atoms with Gasteiger partial charge in [0.15, 0.2) is 11.6 Å². The lowest BCUT2D eigenvalue weighted by molar-refractivity contribution is 0.414. The van der Waals surface area contributed by atoms with Crippen molar-refractivity contribution >= 4 is 17.6 Å². The van der Waals surface area contributed by atoms with E-state index in [4.69, 9.17) is 4.74 Å². The van der Waals surface area contributed by atoms with Gasteiger partial charge in [0.05, 0.1) is 7.11 Å². The van der Waals surface area contributed by atoms with Gasteiger partial charge in [-0.1, -0.05) is 6.42 Å². The van der Waals surface area contributed by atoms with Crippen molar-refractivity contribution in [1.82, 2.24) is 4.98 Å². The van der Waals surface area contributed by atoms with Crippen LogP contribution < -0.4 is 10.1 Å². The largest absolute Gasteiger partial charge is 0.493 e. The number of anilines is 1. The first-order valence-corrected chi connectivity index (χ1v) is 6.92. The van der Waals surface area contributed by atoms with Gasteiger partial charge in [-0.15, -0.1) is 0 Å². The first-order chi connectivity index (χ1) is 7.85. The SMILES string of the molecule is COc1cccnc1NC1CCCC1SC. The molecule has 2 rings (SSSR count). The van der Waals surface area contributed by atoms with E-state index in [2.05, 4.69) is 16.6 Å². The number of rotatable bonds is 4. The number of hydrogen-bond acceptors (Lipinski definition) is 4. The van der Waals surface area contributed by atoms with Crippen molar-refractivity contribution in [2.24, 2.45) is 0 Å². The number of thioether (sulfide) groups is 1. The summed E-state index contributed by atoms with van der Waals surface area (Å²) in [5.41, 5.74) is 0. The highest BCUT2D eigenvalue weighted by Gasteiger charge is 2.27. The van der Waals surface area contributed by atoms with Gasteiger partial charge in [0, 0.05) is 17.5 Å². The molecule has 1 heterocycles. The average molecular weight is 238 g/mol. The zero-order chi connectivity index (χ0) is 11.4. The van der Waals surface area contributed by atoms with E-state index in [9.17, 15) is 0 Å². The summed E-state index contributed by atoms with van der Waals surface area (Å²) >= 11 is 1.94. The molecule has 0 aliphatic heterocycles. The van der Waals surface area contributed by atoms with Crippen molar-refractivity contribution in [1.29, 1.82) is 0 Å². The summed E-state index contributed by atoms with van der Waals surface area (Å²) in [4.78, 5) is 4.34. The van der Waals surface area contributed by atoms with Gasteiger partial charge < -0.3 is 10.1 Å². The Kier molecular flexibility index (Phi) is 3.93. The molecular weight excluding hydrogens is 220 g/mol. The Balaban J connectivity index is 2.08. The summed E-state index contributed by atoms with van der Waals surface area (Å²) in [5.74, 6) is 1.70. The van der Waals surface area contributed by atoms with Gasteiger partial charge in [-0.25, -0.2) is 4.98 Å². The van der Waals surface area contributed by atoms with Crippen molar-refractivity contribution in [2.75, 3.05) is 18.7 Å². The van der Waals surface area contributed by atoms with E-state index in [1.165, 1.54) is 19.3 Å². The number of nitrogens with one attached hydrogen (secondary N) is 1. The highest BCUT2D eigenvalue weighted by molar-refractivity contribution is 7.99. The van der Waals surface area contributed by atoms with E-state index in [-0.39, 0.29) is 0 Å². The van der Waals surface area contributed by atoms with Crippen LogP contribution in [0.4, 0.5) is 5.82 Å². The van der Waals surface area contributed by atoms with Crippen LogP contribution in [0.3, 0.4) is 0 Å². The lowest BCUT2D eigenvalue weighted by Gasteiger charge is -2.20. The van der Waals surface area contributed by atoms with E-state index in [1.807, 2.05) is 23.9 Å². The van der Waals surface area contributed by atoms with E-state index in [0.717, 1.165) is 11.6 Å². The Morgan fingerprint density at radius 2 is 2.38 bits per heavy atom. The van der Waals surface area contributed by atoms with Gasteiger partial charge in [0.1, 0.15) is 0 Å². The van der Waals surface area contributed by atoms with Crippen molar-refractivity contribution in [2.45, 2.75) is 30.6 Å². The van der Waals surface area contributed by atoms with Crippen LogP contribution in [0.2, 0.25) is 0 Å². The molecule has 0 bridgehead atoms. The molecule has 2 unspecified atom stereocenters. The molecule has 4 heteroatoms. The molecule has 2 atom stereocenters. The van der Waals surface area contributed by atoms with Crippen molar-refractivity contribution in [3.63, 3.8) is 0 Å². The molecule has 1 fully saturated rings. The molecule has 0 aromatic carbocycles. The number of aromatic nitrogens is 1. The molecule has 1 N–H and O–H groups in total. The Morgan fingerprint density at radius 1 is 1.50 bits per heavy atom. The first kappa shape index (κ1) is 11.6. The fourth-order valence-corrected chi connectivity index (χ4v) is 3.15. The Bertz CT molecular complexity index is 346. The lowest BCUT2D eigenvalue weighted by atomic mass is 10.2. The van der Waals surface area contributed by atoms with Gasteiger partial charge in [0.25, 0.3) is 0 Å². The minimum absolute atomic E-state index is 0.527. The fourth-order valence-electron chi connectivity index (χ4n) is 2.21. The van der Waals surface area contributed by atoms with E-state index in [0.29, 0.717) is 11.3 Å². The molecule has 0 saturated heterocycles. The molecule has 0 radical (unpaired) electrons.